The normalized spacial score (nSPS) is 12.1. The van der Waals surface area contributed by atoms with Gasteiger partial charge in [-0.05, 0) is 18.4 Å². The lowest BCUT2D eigenvalue weighted by atomic mass is 10.0. The number of carboxylic acid groups (broad SMARTS) is 1. The minimum absolute atomic E-state index is 0.107. The molecule has 4 N–H and O–H groups in total. The van der Waals surface area contributed by atoms with Gasteiger partial charge in [0.1, 0.15) is 6.04 Å². The van der Waals surface area contributed by atoms with Gasteiger partial charge in [-0.1, -0.05) is 31.2 Å². The molecule has 5 nitrogen and oxygen atoms in total. The zero-order valence-electron chi connectivity index (χ0n) is 10.3. The van der Waals surface area contributed by atoms with E-state index in [-0.39, 0.29) is 12.2 Å². The van der Waals surface area contributed by atoms with Crippen LogP contribution in [0.15, 0.2) is 24.3 Å². The van der Waals surface area contributed by atoms with Crippen LogP contribution in [0, 0.1) is 0 Å². The largest absolute Gasteiger partial charge is 0.480 e. The smallest absolute Gasteiger partial charge is 0.322 e. The minimum atomic E-state index is -0.997. The zero-order chi connectivity index (χ0) is 13.5. The molecule has 0 amide bonds. The van der Waals surface area contributed by atoms with E-state index in [9.17, 15) is 9.59 Å². The van der Waals surface area contributed by atoms with E-state index in [2.05, 4.69) is 5.43 Å². The first-order valence-electron chi connectivity index (χ1n) is 5.89. The van der Waals surface area contributed by atoms with Gasteiger partial charge in [-0.3, -0.25) is 15.4 Å². The molecule has 0 aliphatic carbocycles. The fourth-order valence-corrected chi connectivity index (χ4v) is 1.65. The highest BCUT2D eigenvalue weighted by atomic mass is 16.4. The Hall–Kier alpha value is -1.72. The quantitative estimate of drug-likeness (QED) is 0.383. The first kappa shape index (κ1) is 14.3. The molecule has 0 bridgehead atoms. The maximum atomic E-state index is 11.6. The van der Waals surface area contributed by atoms with Gasteiger partial charge in [0, 0.05) is 12.0 Å². The Balaban J connectivity index is 2.71. The molecule has 1 aromatic carbocycles. The Bertz CT molecular complexity index is 415. The summed E-state index contributed by atoms with van der Waals surface area (Å²) in [6, 6.07) is 6.15. The molecule has 1 atom stereocenters. The minimum Gasteiger partial charge on any atom is -0.480 e. The number of carbonyl (C=O) groups excluding carboxylic acids is 1. The third-order valence-corrected chi connectivity index (χ3v) is 2.69. The van der Waals surface area contributed by atoms with Crippen molar-refractivity contribution in [3.63, 3.8) is 0 Å². The third-order valence-electron chi connectivity index (χ3n) is 2.69. The average molecular weight is 250 g/mol. The van der Waals surface area contributed by atoms with Gasteiger partial charge in [0.25, 0.3) is 0 Å². The molecular formula is C13H18N2O3. The summed E-state index contributed by atoms with van der Waals surface area (Å²) < 4.78 is 0. The summed E-state index contributed by atoms with van der Waals surface area (Å²) >= 11 is 0. The van der Waals surface area contributed by atoms with E-state index >= 15 is 0 Å². The second-order valence-corrected chi connectivity index (χ2v) is 4.13. The number of carboxylic acids is 1. The molecule has 0 aliphatic rings. The Morgan fingerprint density at radius 3 is 2.39 bits per heavy atom. The molecule has 1 aromatic rings. The van der Waals surface area contributed by atoms with Crippen LogP contribution >= 0.6 is 0 Å². The van der Waals surface area contributed by atoms with Gasteiger partial charge in [0.15, 0.2) is 5.78 Å². The number of Topliss-reactive ketones (excluding diaryl/α,β-unsaturated/α-hetero) is 1. The van der Waals surface area contributed by atoms with Crippen molar-refractivity contribution in [3.05, 3.63) is 35.4 Å². The Morgan fingerprint density at radius 1 is 1.33 bits per heavy atom. The van der Waals surface area contributed by atoms with Crippen molar-refractivity contribution in [2.45, 2.75) is 32.2 Å². The van der Waals surface area contributed by atoms with Gasteiger partial charge in [-0.15, -0.1) is 0 Å². The molecule has 0 radical (unpaired) electrons. The van der Waals surface area contributed by atoms with Crippen LogP contribution < -0.4 is 11.3 Å². The maximum Gasteiger partial charge on any atom is 0.322 e. The zero-order valence-corrected chi connectivity index (χ0v) is 10.3. The lowest BCUT2D eigenvalue weighted by Crippen LogP contribution is -2.42. The van der Waals surface area contributed by atoms with E-state index in [1.807, 2.05) is 6.92 Å². The standard InChI is InChI=1S/C13H18N2O3/c1-2-3-12(16)10-6-4-9(5-7-10)8-11(15-14)13(17)18/h4-7,11,15H,2-3,8,14H2,1H3,(H,17,18). The van der Waals surface area contributed by atoms with Crippen LogP contribution in [0.2, 0.25) is 0 Å². The van der Waals surface area contributed by atoms with Crippen LogP contribution in [-0.4, -0.2) is 22.9 Å². The second-order valence-electron chi connectivity index (χ2n) is 4.13. The number of carbonyl (C=O) groups is 2. The summed E-state index contributed by atoms with van der Waals surface area (Å²) in [6.45, 7) is 1.96. The molecule has 18 heavy (non-hydrogen) atoms. The number of hydrazine groups is 1. The van der Waals surface area contributed by atoms with Gasteiger partial charge in [-0.2, -0.15) is 0 Å². The highest BCUT2D eigenvalue weighted by molar-refractivity contribution is 5.96. The summed E-state index contributed by atoms with van der Waals surface area (Å²) in [4.78, 5) is 22.4. The number of hydrogen-bond acceptors (Lipinski definition) is 4. The molecule has 0 saturated carbocycles. The molecule has 0 saturated heterocycles. The van der Waals surface area contributed by atoms with E-state index in [4.69, 9.17) is 10.9 Å². The Morgan fingerprint density at radius 2 is 1.94 bits per heavy atom. The van der Waals surface area contributed by atoms with Crippen molar-refractivity contribution in [3.8, 4) is 0 Å². The monoisotopic (exact) mass is 250 g/mol. The molecule has 0 heterocycles. The Kier molecular flexibility index (Phi) is 5.48. The fraction of sp³-hybridized carbons (Fsp3) is 0.385. The number of hydrogen-bond donors (Lipinski definition) is 3. The van der Waals surface area contributed by atoms with E-state index < -0.39 is 12.0 Å². The van der Waals surface area contributed by atoms with Crippen LogP contribution in [0.3, 0.4) is 0 Å². The summed E-state index contributed by atoms with van der Waals surface area (Å²) in [5.74, 6) is 4.26. The first-order valence-corrected chi connectivity index (χ1v) is 5.89. The lowest BCUT2D eigenvalue weighted by Gasteiger charge is -2.10. The molecule has 1 rings (SSSR count). The van der Waals surface area contributed by atoms with Crippen molar-refractivity contribution in [2.24, 2.45) is 5.84 Å². The van der Waals surface area contributed by atoms with Crippen molar-refractivity contribution < 1.29 is 14.7 Å². The maximum absolute atomic E-state index is 11.6. The van der Waals surface area contributed by atoms with Gasteiger partial charge in [0.05, 0.1) is 0 Å². The van der Waals surface area contributed by atoms with Crippen molar-refractivity contribution in [2.75, 3.05) is 0 Å². The molecule has 98 valence electrons. The van der Waals surface area contributed by atoms with Crippen LogP contribution in [0.5, 0.6) is 0 Å². The number of nitrogens with two attached hydrogens (primary N) is 1. The molecular weight excluding hydrogens is 232 g/mol. The summed E-state index contributed by atoms with van der Waals surface area (Å²) in [5, 5.41) is 8.85. The van der Waals surface area contributed by atoms with E-state index in [0.29, 0.717) is 12.0 Å². The van der Waals surface area contributed by atoms with Crippen molar-refractivity contribution in [1.29, 1.82) is 0 Å². The predicted octanol–water partition coefficient (Wildman–Crippen LogP) is 1.13. The van der Waals surface area contributed by atoms with Crippen LogP contribution in [0.25, 0.3) is 0 Å². The SMILES string of the molecule is CCCC(=O)c1ccc(CC(NN)C(=O)O)cc1. The molecule has 0 spiro atoms. The topological polar surface area (TPSA) is 92.4 Å². The summed E-state index contributed by atoms with van der Waals surface area (Å²) in [7, 11) is 0. The number of nitrogens with one attached hydrogen (secondary N) is 1. The van der Waals surface area contributed by atoms with Gasteiger partial charge in [0.2, 0.25) is 0 Å². The van der Waals surface area contributed by atoms with Gasteiger partial charge >= 0.3 is 5.97 Å². The third kappa shape index (κ3) is 3.94. The molecule has 0 fully saturated rings. The van der Waals surface area contributed by atoms with Gasteiger partial charge in [-0.25, -0.2) is 5.43 Å². The number of ketones is 1. The highest BCUT2D eigenvalue weighted by Crippen LogP contribution is 2.10. The predicted molar refractivity (Wildman–Crippen MR) is 68.1 cm³/mol. The van der Waals surface area contributed by atoms with Crippen molar-refractivity contribution in [1.82, 2.24) is 5.43 Å². The van der Waals surface area contributed by atoms with E-state index in [0.717, 1.165) is 12.0 Å². The van der Waals surface area contributed by atoms with E-state index in [1.165, 1.54) is 0 Å². The number of aliphatic carboxylic acids is 1. The van der Waals surface area contributed by atoms with Gasteiger partial charge < -0.3 is 5.11 Å². The van der Waals surface area contributed by atoms with Crippen LogP contribution in [-0.2, 0) is 11.2 Å². The first-order chi connectivity index (χ1) is 8.58. The van der Waals surface area contributed by atoms with Crippen LogP contribution in [0.4, 0.5) is 0 Å². The Labute approximate surface area is 106 Å². The summed E-state index contributed by atoms with van der Waals surface area (Å²) in [5.41, 5.74) is 3.73. The molecule has 0 aliphatic heterocycles. The number of benzene rings is 1. The van der Waals surface area contributed by atoms with Crippen LogP contribution in [0.1, 0.15) is 35.7 Å². The highest BCUT2D eigenvalue weighted by Gasteiger charge is 2.15. The fourth-order valence-electron chi connectivity index (χ4n) is 1.65. The lowest BCUT2D eigenvalue weighted by molar-refractivity contribution is -0.139. The summed E-state index contributed by atoms with van der Waals surface area (Å²) in [6.07, 6.45) is 1.63. The second kappa shape index (κ2) is 6.88. The van der Waals surface area contributed by atoms with Crippen molar-refractivity contribution >= 4 is 11.8 Å². The molecule has 0 aromatic heterocycles. The number of rotatable bonds is 7. The molecule has 5 heteroatoms. The van der Waals surface area contributed by atoms with E-state index in [1.54, 1.807) is 24.3 Å². The molecule has 1 unspecified atom stereocenters. The average Bonchev–Trinajstić information content (AvgIpc) is 2.36.